The van der Waals surface area contributed by atoms with Crippen LogP contribution in [0, 0.1) is 13.8 Å². The Labute approximate surface area is 172 Å². The van der Waals surface area contributed by atoms with Crippen molar-refractivity contribution in [2.45, 2.75) is 33.3 Å². The minimum atomic E-state index is -0.395. The summed E-state index contributed by atoms with van der Waals surface area (Å²) in [5, 5.41) is 4.34. The highest BCUT2D eigenvalue weighted by molar-refractivity contribution is 5.78. The lowest BCUT2D eigenvalue weighted by molar-refractivity contribution is -0.145. The molecule has 0 radical (unpaired) electrons. The van der Waals surface area contributed by atoms with Gasteiger partial charge in [0, 0.05) is 12.5 Å². The first-order valence-corrected chi connectivity index (χ1v) is 9.67. The number of benzene rings is 2. The minimum absolute atomic E-state index is 0.0477. The molecule has 0 aliphatic carbocycles. The Balaban J connectivity index is 1.60. The lowest BCUT2D eigenvalue weighted by atomic mass is 10.2. The first-order chi connectivity index (χ1) is 14.5. The zero-order chi connectivity index (χ0) is 21.1. The van der Waals surface area contributed by atoms with Crippen molar-refractivity contribution in [3.8, 4) is 5.69 Å². The second-order valence-corrected chi connectivity index (χ2v) is 7.11. The zero-order valence-corrected chi connectivity index (χ0v) is 16.8. The molecule has 4 aromatic rings. The molecule has 0 N–H and O–H groups in total. The number of aryl methyl sites for hydroxylation is 3. The Hall–Kier alpha value is -3.74. The molecule has 0 spiro atoms. The molecular weight excluding hydrogens is 382 g/mol. The monoisotopic (exact) mass is 403 g/mol. The second-order valence-electron chi connectivity index (χ2n) is 7.11. The fourth-order valence-corrected chi connectivity index (χ4v) is 3.23. The maximum absolute atomic E-state index is 13.2. The molecule has 0 bridgehead atoms. The van der Waals surface area contributed by atoms with Gasteiger partial charge in [-0.3, -0.25) is 14.2 Å². The van der Waals surface area contributed by atoms with Gasteiger partial charge in [0.1, 0.15) is 23.9 Å². The molecule has 7 nitrogen and oxygen atoms in total. The molecule has 0 amide bonds. The van der Waals surface area contributed by atoms with Gasteiger partial charge in [-0.2, -0.15) is 0 Å². The van der Waals surface area contributed by atoms with E-state index >= 15 is 0 Å². The molecule has 0 fully saturated rings. The van der Waals surface area contributed by atoms with Crippen LogP contribution in [0.2, 0.25) is 0 Å². The summed E-state index contributed by atoms with van der Waals surface area (Å²) < 4.78 is 11.8. The molecule has 4 rings (SSSR count). The Kier molecular flexibility index (Phi) is 5.43. The number of fused-ring (bicyclic) bond motifs is 1. The summed E-state index contributed by atoms with van der Waals surface area (Å²) in [7, 11) is 0. The van der Waals surface area contributed by atoms with Gasteiger partial charge in [0.25, 0.3) is 5.56 Å². The van der Waals surface area contributed by atoms with E-state index in [0.717, 1.165) is 5.56 Å². The highest BCUT2D eigenvalue weighted by Crippen LogP contribution is 2.15. The number of nitrogens with zero attached hydrogens (tertiary/aromatic N) is 3. The van der Waals surface area contributed by atoms with Gasteiger partial charge >= 0.3 is 5.97 Å². The van der Waals surface area contributed by atoms with E-state index in [0.29, 0.717) is 33.9 Å². The van der Waals surface area contributed by atoms with Crippen LogP contribution in [0.3, 0.4) is 0 Å². The quantitative estimate of drug-likeness (QED) is 0.457. The van der Waals surface area contributed by atoms with Crippen LogP contribution in [0.15, 0.2) is 63.9 Å². The lowest BCUT2D eigenvalue weighted by Crippen LogP contribution is -2.24. The summed E-state index contributed by atoms with van der Waals surface area (Å²) >= 11 is 0. The predicted molar refractivity (Wildman–Crippen MR) is 111 cm³/mol. The van der Waals surface area contributed by atoms with E-state index < -0.39 is 5.97 Å². The molecular formula is C23H21N3O4. The van der Waals surface area contributed by atoms with Crippen molar-refractivity contribution in [1.29, 1.82) is 0 Å². The summed E-state index contributed by atoms with van der Waals surface area (Å²) in [6.45, 7) is 3.80. The van der Waals surface area contributed by atoms with Crippen LogP contribution in [0.1, 0.15) is 29.3 Å². The fourth-order valence-electron chi connectivity index (χ4n) is 3.23. The molecule has 30 heavy (non-hydrogen) atoms. The molecule has 2 aromatic carbocycles. The third kappa shape index (κ3) is 4.15. The highest BCUT2D eigenvalue weighted by Gasteiger charge is 2.15. The number of ether oxygens (including phenoxy) is 1. The van der Waals surface area contributed by atoms with Crippen molar-refractivity contribution < 1.29 is 14.1 Å². The first kappa shape index (κ1) is 19.6. The maximum atomic E-state index is 13.2. The van der Waals surface area contributed by atoms with Crippen LogP contribution >= 0.6 is 0 Å². The minimum Gasteiger partial charge on any atom is -0.459 e. The molecule has 0 unspecified atom stereocenters. The van der Waals surface area contributed by atoms with Crippen LogP contribution in [-0.2, 0) is 22.6 Å². The van der Waals surface area contributed by atoms with E-state index in [2.05, 4.69) is 10.1 Å². The Bertz CT molecular complexity index is 1260. The number of hydrogen-bond acceptors (Lipinski definition) is 6. The molecule has 152 valence electrons. The first-order valence-electron chi connectivity index (χ1n) is 9.67. The topological polar surface area (TPSA) is 87.2 Å². The van der Waals surface area contributed by atoms with Gasteiger partial charge < -0.3 is 9.26 Å². The number of hydrogen-bond donors (Lipinski definition) is 0. The van der Waals surface area contributed by atoms with Crippen LogP contribution in [0.4, 0.5) is 0 Å². The molecule has 7 heteroatoms. The molecule has 0 saturated carbocycles. The number of para-hydroxylation sites is 1. The van der Waals surface area contributed by atoms with Gasteiger partial charge in [0.2, 0.25) is 0 Å². The molecule has 0 saturated heterocycles. The third-order valence-corrected chi connectivity index (χ3v) is 4.75. The molecule has 0 atom stereocenters. The zero-order valence-electron chi connectivity index (χ0n) is 16.8. The van der Waals surface area contributed by atoms with Gasteiger partial charge in [0.15, 0.2) is 0 Å². The smallest absolute Gasteiger partial charge is 0.306 e. The maximum Gasteiger partial charge on any atom is 0.306 e. The molecule has 0 aliphatic heterocycles. The summed E-state index contributed by atoms with van der Waals surface area (Å²) in [5.74, 6) is 0.772. The second kappa shape index (κ2) is 8.32. The van der Waals surface area contributed by atoms with Crippen molar-refractivity contribution in [1.82, 2.24) is 14.7 Å². The van der Waals surface area contributed by atoms with E-state index in [4.69, 9.17) is 9.26 Å². The van der Waals surface area contributed by atoms with Crippen molar-refractivity contribution >= 4 is 16.9 Å². The van der Waals surface area contributed by atoms with Crippen molar-refractivity contribution in [3.63, 3.8) is 0 Å². The van der Waals surface area contributed by atoms with Crippen molar-refractivity contribution in [2.24, 2.45) is 0 Å². The number of carbonyl (C=O) groups excluding carboxylic acids is 1. The van der Waals surface area contributed by atoms with Gasteiger partial charge in [0.05, 0.1) is 23.0 Å². The SMILES string of the molecule is Cc1ccc(-n2c(CCC(=O)OCc3cc(C)on3)nc3ccccc3c2=O)cc1. The Morgan fingerprint density at radius 1 is 1.10 bits per heavy atom. The summed E-state index contributed by atoms with van der Waals surface area (Å²) in [6, 6.07) is 16.6. The number of carbonyl (C=O) groups is 1. The third-order valence-electron chi connectivity index (χ3n) is 4.75. The highest BCUT2D eigenvalue weighted by atomic mass is 16.5. The van der Waals surface area contributed by atoms with Crippen LogP contribution in [0.5, 0.6) is 0 Å². The van der Waals surface area contributed by atoms with Crippen LogP contribution in [-0.4, -0.2) is 20.7 Å². The summed E-state index contributed by atoms with van der Waals surface area (Å²) in [6.07, 6.45) is 0.359. The summed E-state index contributed by atoms with van der Waals surface area (Å²) in [5.41, 5.74) is 2.80. The number of aromatic nitrogens is 3. The predicted octanol–water partition coefficient (Wildman–Crippen LogP) is 3.67. The number of esters is 1. The average Bonchev–Trinajstić information content (AvgIpc) is 3.17. The van der Waals surface area contributed by atoms with Gasteiger partial charge in [-0.1, -0.05) is 35.0 Å². The molecule has 2 aromatic heterocycles. The van der Waals surface area contributed by atoms with E-state index in [1.54, 1.807) is 29.7 Å². The standard InChI is InChI=1S/C23H21N3O4/c1-15-7-9-18(10-8-15)26-21(24-20-6-4-3-5-19(20)23(26)28)11-12-22(27)29-14-17-13-16(2)30-25-17/h3-10,13H,11-12,14H2,1-2H3. The summed E-state index contributed by atoms with van der Waals surface area (Å²) in [4.78, 5) is 30.1. The van der Waals surface area contributed by atoms with E-state index in [-0.39, 0.29) is 25.0 Å². The van der Waals surface area contributed by atoms with E-state index in [1.807, 2.05) is 43.3 Å². The largest absolute Gasteiger partial charge is 0.459 e. The van der Waals surface area contributed by atoms with E-state index in [1.165, 1.54) is 0 Å². The van der Waals surface area contributed by atoms with E-state index in [9.17, 15) is 9.59 Å². The Morgan fingerprint density at radius 3 is 2.60 bits per heavy atom. The lowest BCUT2D eigenvalue weighted by Gasteiger charge is -2.14. The van der Waals surface area contributed by atoms with Gasteiger partial charge in [-0.25, -0.2) is 4.98 Å². The van der Waals surface area contributed by atoms with Crippen LogP contribution in [0.25, 0.3) is 16.6 Å². The van der Waals surface area contributed by atoms with Crippen molar-refractivity contribution in [3.05, 3.63) is 87.8 Å². The average molecular weight is 403 g/mol. The Morgan fingerprint density at radius 2 is 1.87 bits per heavy atom. The van der Waals surface area contributed by atoms with Gasteiger partial charge in [-0.05, 0) is 38.1 Å². The van der Waals surface area contributed by atoms with Gasteiger partial charge in [-0.15, -0.1) is 0 Å². The normalized spacial score (nSPS) is 11.0. The fraction of sp³-hybridized carbons (Fsp3) is 0.217. The molecule has 2 heterocycles. The van der Waals surface area contributed by atoms with Crippen molar-refractivity contribution in [2.75, 3.05) is 0 Å². The molecule has 0 aliphatic rings. The van der Waals surface area contributed by atoms with Crippen LogP contribution < -0.4 is 5.56 Å². The number of rotatable bonds is 6.